The SMILES string of the molecule is Cc1ccccc1CC(=O)N1CCO[C@@H](c2cn3c(N4CCOCC4)cccc3n2)C1. The summed E-state index contributed by atoms with van der Waals surface area (Å²) < 4.78 is 13.6. The van der Waals surface area contributed by atoms with Crippen LogP contribution in [0, 0.1) is 6.92 Å². The van der Waals surface area contributed by atoms with E-state index in [0.29, 0.717) is 26.1 Å². The molecule has 1 aromatic carbocycles. The molecule has 0 unspecified atom stereocenters. The molecule has 1 amide bonds. The molecule has 2 aliphatic rings. The molecule has 0 saturated carbocycles. The van der Waals surface area contributed by atoms with Gasteiger partial charge in [-0.25, -0.2) is 4.98 Å². The molecule has 2 aliphatic heterocycles. The first kappa shape index (κ1) is 20.0. The van der Waals surface area contributed by atoms with Crippen LogP contribution >= 0.6 is 0 Å². The number of carbonyl (C=O) groups excluding carboxylic acids is 1. The Balaban J connectivity index is 1.34. The molecule has 1 atom stereocenters. The third-order valence-electron chi connectivity index (χ3n) is 6.18. The van der Waals surface area contributed by atoms with Crippen molar-refractivity contribution in [2.45, 2.75) is 19.4 Å². The molecule has 4 heterocycles. The maximum atomic E-state index is 13.0. The van der Waals surface area contributed by atoms with E-state index in [1.165, 1.54) is 0 Å². The molecule has 2 saturated heterocycles. The van der Waals surface area contributed by atoms with E-state index < -0.39 is 0 Å². The van der Waals surface area contributed by atoms with Gasteiger partial charge in [-0.3, -0.25) is 9.20 Å². The fraction of sp³-hybridized carbons (Fsp3) is 0.417. The van der Waals surface area contributed by atoms with E-state index in [0.717, 1.165) is 54.6 Å². The van der Waals surface area contributed by atoms with Gasteiger partial charge in [-0.2, -0.15) is 0 Å². The van der Waals surface area contributed by atoms with E-state index in [1.54, 1.807) is 0 Å². The molecule has 7 heteroatoms. The van der Waals surface area contributed by atoms with Gasteiger partial charge in [-0.1, -0.05) is 30.3 Å². The number of aryl methyl sites for hydroxylation is 1. The third-order valence-corrected chi connectivity index (χ3v) is 6.18. The lowest BCUT2D eigenvalue weighted by Crippen LogP contribution is -2.43. The van der Waals surface area contributed by atoms with Crippen molar-refractivity contribution in [1.82, 2.24) is 14.3 Å². The molecule has 7 nitrogen and oxygen atoms in total. The van der Waals surface area contributed by atoms with Gasteiger partial charge in [-0.15, -0.1) is 0 Å². The molecule has 0 radical (unpaired) electrons. The van der Waals surface area contributed by atoms with Crippen LogP contribution in [-0.4, -0.2) is 66.2 Å². The third kappa shape index (κ3) is 4.16. The fourth-order valence-corrected chi connectivity index (χ4v) is 4.36. The highest BCUT2D eigenvalue weighted by Gasteiger charge is 2.28. The van der Waals surface area contributed by atoms with Crippen molar-refractivity contribution >= 4 is 17.4 Å². The van der Waals surface area contributed by atoms with Crippen LogP contribution in [0.2, 0.25) is 0 Å². The van der Waals surface area contributed by atoms with Crippen LogP contribution in [0.4, 0.5) is 5.82 Å². The molecule has 2 aromatic heterocycles. The van der Waals surface area contributed by atoms with Crippen molar-refractivity contribution in [1.29, 1.82) is 0 Å². The van der Waals surface area contributed by atoms with Gasteiger partial charge in [0.2, 0.25) is 5.91 Å². The summed E-state index contributed by atoms with van der Waals surface area (Å²) in [5, 5.41) is 0. The predicted octanol–water partition coefficient (Wildman–Crippen LogP) is 2.62. The summed E-state index contributed by atoms with van der Waals surface area (Å²) >= 11 is 0. The summed E-state index contributed by atoms with van der Waals surface area (Å²) in [6.07, 6.45) is 2.26. The second kappa shape index (κ2) is 8.69. The van der Waals surface area contributed by atoms with E-state index in [2.05, 4.69) is 21.6 Å². The number of anilines is 1. The maximum absolute atomic E-state index is 13.0. The highest BCUT2D eigenvalue weighted by atomic mass is 16.5. The standard InChI is InChI=1S/C24H28N4O3/c1-18-5-2-3-6-19(18)15-24(29)27-11-14-31-21(17-27)20-16-28-22(25-20)7-4-8-23(28)26-9-12-30-13-10-26/h2-8,16,21H,9-15,17H2,1H3/t21-/m1/s1. The Morgan fingerprint density at radius 2 is 1.90 bits per heavy atom. The van der Waals surface area contributed by atoms with E-state index in [1.807, 2.05) is 48.2 Å². The van der Waals surface area contributed by atoms with Gasteiger partial charge in [0, 0.05) is 25.8 Å². The number of fused-ring (bicyclic) bond motifs is 1. The van der Waals surface area contributed by atoms with Crippen LogP contribution in [0.3, 0.4) is 0 Å². The minimum absolute atomic E-state index is 0.139. The molecule has 0 N–H and O–H groups in total. The lowest BCUT2D eigenvalue weighted by molar-refractivity contribution is -0.138. The highest BCUT2D eigenvalue weighted by Crippen LogP contribution is 2.26. The van der Waals surface area contributed by atoms with Crippen LogP contribution in [0.15, 0.2) is 48.7 Å². The van der Waals surface area contributed by atoms with Crippen LogP contribution in [-0.2, 0) is 20.7 Å². The van der Waals surface area contributed by atoms with Gasteiger partial charge in [0.15, 0.2) is 0 Å². The average Bonchev–Trinajstić information content (AvgIpc) is 3.26. The molecule has 162 valence electrons. The van der Waals surface area contributed by atoms with E-state index in [9.17, 15) is 4.79 Å². The van der Waals surface area contributed by atoms with Crippen LogP contribution < -0.4 is 4.90 Å². The van der Waals surface area contributed by atoms with Gasteiger partial charge in [-0.05, 0) is 30.2 Å². The van der Waals surface area contributed by atoms with E-state index >= 15 is 0 Å². The normalized spacial score (nSPS) is 19.7. The maximum Gasteiger partial charge on any atom is 0.227 e. The number of hydrogen-bond acceptors (Lipinski definition) is 5. The summed E-state index contributed by atoms with van der Waals surface area (Å²) in [5.74, 6) is 1.25. The number of carbonyl (C=O) groups is 1. The number of imidazole rings is 1. The van der Waals surface area contributed by atoms with Crippen molar-refractivity contribution in [2.24, 2.45) is 0 Å². The quantitative estimate of drug-likeness (QED) is 0.650. The number of pyridine rings is 1. The van der Waals surface area contributed by atoms with E-state index in [-0.39, 0.29) is 12.0 Å². The van der Waals surface area contributed by atoms with E-state index in [4.69, 9.17) is 14.5 Å². The molecule has 2 fully saturated rings. The number of morpholine rings is 2. The summed E-state index contributed by atoms with van der Waals surface area (Å²) in [4.78, 5) is 22.0. The smallest absolute Gasteiger partial charge is 0.227 e. The number of nitrogens with zero attached hydrogens (tertiary/aromatic N) is 4. The van der Waals surface area contributed by atoms with Crippen molar-refractivity contribution in [3.05, 3.63) is 65.5 Å². The van der Waals surface area contributed by atoms with Crippen LogP contribution in [0.5, 0.6) is 0 Å². The first-order valence-electron chi connectivity index (χ1n) is 10.9. The fourth-order valence-electron chi connectivity index (χ4n) is 4.36. The Labute approximate surface area is 182 Å². The number of rotatable bonds is 4. The Kier molecular flexibility index (Phi) is 5.61. The lowest BCUT2D eigenvalue weighted by atomic mass is 10.0. The van der Waals surface area contributed by atoms with Gasteiger partial charge < -0.3 is 19.3 Å². The Morgan fingerprint density at radius 1 is 1.06 bits per heavy atom. The van der Waals surface area contributed by atoms with Gasteiger partial charge in [0.05, 0.1) is 38.5 Å². The number of aromatic nitrogens is 2. The minimum atomic E-state index is -0.216. The number of benzene rings is 1. The van der Waals surface area contributed by atoms with Gasteiger partial charge in [0.1, 0.15) is 17.6 Å². The van der Waals surface area contributed by atoms with Crippen molar-refractivity contribution in [3.63, 3.8) is 0 Å². The highest BCUT2D eigenvalue weighted by molar-refractivity contribution is 5.79. The molecule has 0 aliphatic carbocycles. The molecular weight excluding hydrogens is 392 g/mol. The second-order valence-electron chi connectivity index (χ2n) is 8.18. The summed E-state index contributed by atoms with van der Waals surface area (Å²) in [6, 6.07) is 14.2. The molecule has 0 spiro atoms. The van der Waals surface area contributed by atoms with Gasteiger partial charge >= 0.3 is 0 Å². The Morgan fingerprint density at radius 3 is 2.74 bits per heavy atom. The van der Waals surface area contributed by atoms with Crippen molar-refractivity contribution in [3.8, 4) is 0 Å². The zero-order valence-corrected chi connectivity index (χ0v) is 17.9. The number of ether oxygens (including phenoxy) is 2. The Bertz CT molecular complexity index is 1070. The predicted molar refractivity (Wildman–Crippen MR) is 118 cm³/mol. The second-order valence-corrected chi connectivity index (χ2v) is 8.18. The molecular formula is C24H28N4O3. The zero-order valence-electron chi connectivity index (χ0n) is 17.9. The van der Waals surface area contributed by atoms with Crippen molar-refractivity contribution < 1.29 is 14.3 Å². The Hall–Kier alpha value is -2.90. The van der Waals surface area contributed by atoms with Gasteiger partial charge in [0.25, 0.3) is 0 Å². The first-order valence-corrected chi connectivity index (χ1v) is 10.9. The average molecular weight is 421 g/mol. The van der Waals surface area contributed by atoms with Crippen molar-refractivity contribution in [2.75, 3.05) is 50.9 Å². The minimum Gasteiger partial charge on any atom is -0.378 e. The molecule has 31 heavy (non-hydrogen) atoms. The topological polar surface area (TPSA) is 59.3 Å². The zero-order chi connectivity index (χ0) is 21.2. The molecule has 5 rings (SSSR count). The summed E-state index contributed by atoms with van der Waals surface area (Å²) in [6.45, 7) is 6.93. The lowest BCUT2D eigenvalue weighted by Gasteiger charge is -2.32. The molecule has 3 aromatic rings. The molecule has 0 bridgehead atoms. The summed E-state index contributed by atoms with van der Waals surface area (Å²) in [7, 11) is 0. The monoisotopic (exact) mass is 420 g/mol. The largest absolute Gasteiger partial charge is 0.378 e. The van der Waals surface area contributed by atoms with Crippen LogP contribution in [0.1, 0.15) is 22.9 Å². The van der Waals surface area contributed by atoms with Crippen LogP contribution in [0.25, 0.3) is 5.65 Å². The first-order chi connectivity index (χ1) is 15.2. The summed E-state index contributed by atoms with van der Waals surface area (Å²) in [5.41, 5.74) is 4.00. The number of hydrogen-bond donors (Lipinski definition) is 0. The number of amides is 1.